The van der Waals surface area contributed by atoms with Crippen molar-refractivity contribution in [2.45, 2.75) is 25.7 Å². The smallest absolute Gasteiger partial charge is 0.328 e. The quantitative estimate of drug-likeness (QED) is 0.329. The Kier molecular flexibility index (Phi) is 7.57. The summed E-state index contributed by atoms with van der Waals surface area (Å²) in [4.78, 5) is 30.5. The Labute approximate surface area is 238 Å². The van der Waals surface area contributed by atoms with Gasteiger partial charge in [0, 0.05) is 38.3 Å². The monoisotopic (exact) mass is 556 g/mol. The van der Waals surface area contributed by atoms with E-state index in [9.17, 15) is 4.79 Å². The van der Waals surface area contributed by atoms with E-state index in [1.165, 1.54) is 14.2 Å². The van der Waals surface area contributed by atoms with Gasteiger partial charge in [-0.3, -0.25) is 0 Å². The molecule has 212 valence electrons. The van der Waals surface area contributed by atoms with Gasteiger partial charge in [-0.25, -0.2) is 9.78 Å². The van der Waals surface area contributed by atoms with Crippen molar-refractivity contribution in [3.8, 4) is 35.0 Å². The van der Waals surface area contributed by atoms with Crippen molar-refractivity contribution in [1.29, 1.82) is 0 Å². The Bertz CT molecular complexity index is 1470. The van der Waals surface area contributed by atoms with Crippen molar-refractivity contribution in [3.63, 3.8) is 0 Å². The van der Waals surface area contributed by atoms with Gasteiger partial charge in [0.1, 0.15) is 17.1 Å². The molecule has 4 aromatic rings. The van der Waals surface area contributed by atoms with Gasteiger partial charge in [-0.05, 0) is 43.5 Å². The Balaban J connectivity index is 1.30. The van der Waals surface area contributed by atoms with Crippen LogP contribution in [0.2, 0.25) is 0 Å². The van der Waals surface area contributed by atoms with Gasteiger partial charge in [-0.15, -0.1) is 0 Å². The number of aromatic nitrogens is 3. The van der Waals surface area contributed by atoms with Gasteiger partial charge in [-0.2, -0.15) is 9.97 Å². The number of nitrogens with one attached hydrogen (secondary N) is 1. The molecule has 41 heavy (non-hydrogen) atoms. The molecule has 3 heterocycles. The Morgan fingerprint density at radius 3 is 2.32 bits per heavy atom. The van der Waals surface area contributed by atoms with E-state index in [0.717, 1.165) is 54.1 Å². The number of ether oxygens (including phenoxy) is 3. The fourth-order valence-electron chi connectivity index (χ4n) is 5.15. The number of nitrogens with zero attached hydrogens (tertiary/aromatic N) is 5. The number of urea groups is 1. The third-order valence-electron chi connectivity index (χ3n) is 7.27. The second-order valence-electron chi connectivity index (χ2n) is 9.85. The van der Waals surface area contributed by atoms with Gasteiger partial charge in [0.15, 0.2) is 0 Å². The third kappa shape index (κ3) is 5.74. The number of rotatable bonds is 7. The fraction of sp³-hybridized carbons (Fsp3) is 0.333. The molecule has 11 heteroatoms. The number of benzene rings is 2. The van der Waals surface area contributed by atoms with E-state index < -0.39 is 0 Å². The summed E-state index contributed by atoms with van der Waals surface area (Å²) in [5.41, 5.74) is 3.39. The van der Waals surface area contributed by atoms with E-state index in [4.69, 9.17) is 23.6 Å². The molecule has 0 saturated carbocycles. The fourth-order valence-corrected chi connectivity index (χ4v) is 5.15. The molecular weight excluding hydrogens is 524 g/mol. The van der Waals surface area contributed by atoms with E-state index in [-0.39, 0.29) is 12.0 Å². The van der Waals surface area contributed by atoms with Crippen molar-refractivity contribution < 1.29 is 23.4 Å². The zero-order valence-electron chi connectivity index (χ0n) is 23.1. The number of carbonyl (C=O) groups is 1. The summed E-state index contributed by atoms with van der Waals surface area (Å²) in [6.07, 6.45) is 3.93. The van der Waals surface area contributed by atoms with Crippen LogP contribution in [0.15, 0.2) is 59.0 Å². The van der Waals surface area contributed by atoms with Crippen LogP contribution in [-0.4, -0.2) is 66.3 Å². The molecule has 1 aliphatic heterocycles. The normalized spacial score (nSPS) is 14.8. The van der Waals surface area contributed by atoms with Crippen molar-refractivity contribution in [2.75, 3.05) is 50.6 Å². The second kappa shape index (κ2) is 11.7. The molecule has 0 unspecified atom stereocenters. The summed E-state index contributed by atoms with van der Waals surface area (Å²) in [5, 5.41) is 2.98. The van der Waals surface area contributed by atoms with Gasteiger partial charge in [0.25, 0.3) is 0 Å². The summed E-state index contributed by atoms with van der Waals surface area (Å²) in [6.45, 7) is 2.37. The maximum absolute atomic E-state index is 12.9. The van der Waals surface area contributed by atoms with Crippen LogP contribution < -0.4 is 24.4 Å². The van der Waals surface area contributed by atoms with Crippen LogP contribution in [0.1, 0.15) is 24.3 Å². The highest BCUT2D eigenvalue weighted by atomic mass is 16.5. The lowest BCUT2D eigenvalue weighted by molar-refractivity contribution is 0.208. The first-order valence-electron chi connectivity index (χ1n) is 13.7. The van der Waals surface area contributed by atoms with Crippen LogP contribution in [0.4, 0.5) is 16.2 Å². The molecule has 0 bridgehead atoms. The summed E-state index contributed by atoms with van der Waals surface area (Å²) in [6, 6.07) is 16.8. The molecule has 11 nitrogen and oxygen atoms in total. The number of anilines is 2. The maximum Gasteiger partial charge on any atom is 0.328 e. The molecule has 1 N–H and O–H groups in total. The Hall–Kier alpha value is -4.80. The highest BCUT2D eigenvalue weighted by Crippen LogP contribution is 2.42. The molecular formula is C30H32N6O5. The molecule has 0 atom stereocenters. The topological polar surface area (TPSA) is 115 Å². The second-order valence-corrected chi connectivity index (χ2v) is 9.85. The van der Waals surface area contributed by atoms with E-state index in [2.05, 4.69) is 20.2 Å². The first kappa shape index (κ1) is 26.4. The van der Waals surface area contributed by atoms with Gasteiger partial charge < -0.3 is 33.7 Å². The van der Waals surface area contributed by atoms with Gasteiger partial charge in [0.05, 0.1) is 31.7 Å². The summed E-state index contributed by atoms with van der Waals surface area (Å²) in [7, 11) is 3.04. The molecule has 0 radical (unpaired) electrons. The van der Waals surface area contributed by atoms with Crippen LogP contribution in [-0.2, 0) is 12.8 Å². The predicted molar refractivity (Wildman–Crippen MR) is 153 cm³/mol. The lowest BCUT2D eigenvalue weighted by Gasteiger charge is -2.36. The first-order chi connectivity index (χ1) is 20.1. The number of hydrogen-bond donors (Lipinski definition) is 1. The minimum atomic E-state index is -0.113. The van der Waals surface area contributed by atoms with Gasteiger partial charge >= 0.3 is 12.0 Å². The lowest BCUT2D eigenvalue weighted by atomic mass is 10.0. The first-order valence-corrected chi connectivity index (χ1v) is 13.7. The zero-order valence-corrected chi connectivity index (χ0v) is 23.1. The number of methoxy groups -OCH3 is 2. The molecule has 1 saturated heterocycles. The number of amides is 2. The number of fused-ring (bicyclic) bond motifs is 1. The summed E-state index contributed by atoms with van der Waals surface area (Å²) < 4.78 is 23.2. The van der Waals surface area contributed by atoms with Crippen LogP contribution in [0.3, 0.4) is 0 Å². The molecule has 1 fully saturated rings. The Morgan fingerprint density at radius 2 is 1.61 bits per heavy atom. The number of piperazine rings is 1. The van der Waals surface area contributed by atoms with Crippen molar-refractivity contribution in [1.82, 2.24) is 19.9 Å². The van der Waals surface area contributed by atoms with Gasteiger partial charge in [0.2, 0.25) is 17.7 Å². The highest BCUT2D eigenvalue weighted by Gasteiger charge is 2.28. The maximum atomic E-state index is 12.9. The molecule has 6 rings (SSSR count). The predicted octanol–water partition coefficient (Wildman–Crippen LogP) is 5.17. The van der Waals surface area contributed by atoms with E-state index >= 15 is 0 Å². The summed E-state index contributed by atoms with van der Waals surface area (Å²) in [5.74, 6) is 2.57. The summed E-state index contributed by atoms with van der Waals surface area (Å²) >= 11 is 0. The third-order valence-corrected chi connectivity index (χ3v) is 7.27. The average molecular weight is 557 g/mol. The number of para-hydroxylation sites is 1. The SMILES string of the molecule is COc1cc(OC)nc(Oc2cccc(N3CCN(C(=O)Nc4ccccc4)CC3)c2-c2nc3c(o2)CCCC3)n1. The van der Waals surface area contributed by atoms with Crippen molar-refractivity contribution >= 4 is 17.4 Å². The zero-order chi connectivity index (χ0) is 28.2. The van der Waals surface area contributed by atoms with E-state index in [1.807, 2.05) is 53.4 Å². The lowest BCUT2D eigenvalue weighted by Crippen LogP contribution is -2.50. The highest BCUT2D eigenvalue weighted by molar-refractivity contribution is 5.89. The van der Waals surface area contributed by atoms with Crippen LogP contribution in [0.5, 0.6) is 23.5 Å². The van der Waals surface area contributed by atoms with E-state index in [0.29, 0.717) is 49.6 Å². The van der Waals surface area contributed by atoms with E-state index in [1.54, 1.807) is 6.07 Å². The molecule has 2 aromatic carbocycles. The minimum Gasteiger partial charge on any atom is -0.481 e. The van der Waals surface area contributed by atoms with Crippen LogP contribution in [0, 0.1) is 0 Å². The average Bonchev–Trinajstić information content (AvgIpc) is 3.45. The Morgan fingerprint density at radius 1 is 0.878 bits per heavy atom. The largest absolute Gasteiger partial charge is 0.481 e. The number of hydrogen-bond acceptors (Lipinski definition) is 9. The van der Waals surface area contributed by atoms with Crippen LogP contribution in [0.25, 0.3) is 11.5 Å². The van der Waals surface area contributed by atoms with Gasteiger partial charge in [-0.1, -0.05) is 24.3 Å². The minimum absolute atomic E-state index is 0.0818. The number of aryl methyl sites for hydroxylation is 2. The van der Waals surface area contributed by atoms with Crippen molar-refractivity contribution in [2.24, 2.45) is 0 Å². The van der Waals surface area contributed by atoms with Crippen LogP contribution >= 0.6 is 0 Å². The molecule has 0 spiro atoms. The molecule has 2 aromatic heterocycles. The standard InChI is InChI=1S/C30H32N6O5/c1-38-25-19-26(39-2)34-29(33-25)41-24-14-8-12-22(27(24)28-32-21-11-6-7-13-23(21)40-28)35-15-17-36(18-16-35)30(37)31-20-9-4-3-5-10-20/h3-5,8-10,12,14,19H,6-7,11,13,15-18H2,1-2H3,(H,31,37). The van der Waals surface area contributed by atoms with Crippen molar-refractivity contribution in [3.05, 3.63) is 66.1 Å². The number of oxazole rings is 1. The molecule has 2 amide bonds. The molecule has 1 aliphatic carbocycles. The molecule has 2 aliphatic rings. The number of carbonyl (C=O) groups excluding carboxylic acids is 1.